The van der Waals surface area contributed by atoms with Gasteiger partial charge in [0.1, 0.15) is 22.1 Å². The van der Waals surface area contributed by atoms with Gasteiger partial charge in [-0.1, -0.05) is 41.9 Å². The number of nitro groups is 1. The first-order valence-corrected chi connectivity index (χ1v) is 10.6. The molecule has 10 nitrogen and oxygen atoms in total. The van der Waals surface area contributed by atoms with Gasteiger partial charge in [0, 0.05) is 11.6 Å². The van der Waals surface area contributed by atoms with Crippen LogP contribution >= 0.6 is 11.6 Å². The summed E-state index contributed by atoms with van der Waals surface area (Å²) in [5, 5.41) is 22.4. The largest absolute Gasteiger partial charge is 0.508 e. The number of aromatic hydroxyl groups is 1. The maximum absolute atomic E-state index is 11.2. The summed E-state index contributed by atoms with van der Waals surface area (Å²) in [6, 6.07) is 20.6. The highest BCUT2D eigenvalue weighted by Gasteiger charge is 2.16. The van der Waals surface area contributed by atoms with E-state index in [4.69, 9.17) is 34.7 Å². The maximum atomic E-state index is 11.2. The first-order chi connectivity index (χ1) is 15.5. The van der Waals surface area contributed by atoms with Gasteiger partial charge in [-0.25, -0.2) is 23.6 Å². The summed E-state index contributed by atoms with van der Waals surface area (Å²) < 4.78 is 40.0. The number of hydrogen-bond donors (Lipinski definition) is 2. The Morgan fingerprint density at radius 1 is 0.939 bits per heavy atom. The van der Waals surface area contributed by atoms with E-state index in [9.17, 15) is 15.2 Å². The van der Waals surface area contributed by atoms with Gasteiger partial charge >= 0.3 is 0 Å². The van der Waals surface area contributed by atoms with Crippen molar-refractivity contribution in [2.45, 2.75) is 0 Å². The summed E-state index contributed by atoms with van der Waals surface area (Å²) in [6.45, 7) is 0. The van der Waals surface area contributed by atoms with Gasteiger partial charge in [-0.05, 0) is 24.3 Å². The van der Waals surface area contributed by atoms with Crippen LogP contribution in [0.2, 0.25) is 5.02 Å². The minimum Gasteiger partial charge on any atom is -0.508 e. The number of fused-ring (bicyclic) bond motifs is 1. The molecule has 0 amide bonds. The molecule has 4 aromatic rings. The molecule has 0 atom stereocenters. The van der Waals surface area contributed by atoms with E-state index in [1.165, 1.54) is 18.2 Å². The van der Waals surface area contributed by atoms with Crippen LogP contribution in [0.5, 0.6) is 5.75 Å². The molecule has 0 unspecified atom stereocenters. The molecular formula is C21H14Cl2N2O8. The first kappa shape index (κ1) is 24.1. The van der Waals surface area contributed by atoms with Crippen molar-refractivity contribution >= 4 is 33.9 Å². The van der Waals surface area contributed by atoms with Gasteiger partial charge in [-0.2, -0.15) is 0 Å². The Kier molecular flexibility index (Phi) is 7.29. The van der Waals surface area contributed by atoms with E-state index in [1.54, 1.807) is 24.3 Å². The van der Waals surface area contributed by atoms with Gasteiger partial charge in [0.05, 0.1) is 22.4 Å². The van der Waals surface area contributed by atoms with Crippen molar-refractivity contribution in [2.75, 3.05) is 0 Å². The van der Waals surface area contributed by atoms with Gasteiger partial charge in [0.15, 0.2) is 0 Å². The lowest BCUT2D eigenvalue weighted by molar-refractivity contribution is -2.00. The fraction of sp³-hybridized carbons (Fsp3) is 0. The Morgan fingerprint density at radius 3 is 2.24 bits per heavy atom. The number of rotatable bonds is 3. The predicted molar refractivity (Wildman–Crippen MR) is 105 cm³/mol. The zero-order valence-electron chi connectivity index (χ0n) is 16.4. The van der Waals surface area contributed by atoms with Gasteiger partial charge in [0.2, 0.25) is 11.0 Å². The summed E-state index contributed by atoms with van der Waals surface area (Å²) in [5.74, 6) is 0.699. The van der Waals surface area contributed by atoms with Crippen LogP contribution in [-0.4, -0.2) is 10.0 Å². The SMILES string of the molecule is O=[N+]([O-])c1cc([NH+]=c2cc(-c3ccccc3)oc3ccc(O)cc23)ccc1Cl.[O-][Cl+3]([O-])([O-])[O-]. The van der Waals surface area contributed by atoms with Crippen LogP contribution in [0.3, 0.4) is 0 Å². The summed E-state index contributed by atoms with van der Waals surface area (Å²) in [6.07, 6.45) is 0. The Bertz CT molecular complexity index is 1360. The van der Waals surface area contributed by atoms with Crippen molar-refractivity contribution in [3.8, 4) is 17.1 Å². The number of benzene rings is 3. The molecular weight excluding hydrogens is 479 g/mol. The number of halogens is 2. The fourth-order valence-electron chi connectivity index (χ4n) is 2.91. The second-order valence-corrected chi connectivity index (χ2v) is 7.66. The summed E-state index contributed by atoms with van der Waals surface area (Å²) >= 11 is 5.90. The van der Waals surface area contributed by atoms with Crippen LogP contribution in [0.25, 0.3) is 22.3 Å². The van der Waals surface area contributed by atoms with Crippen molar-refractivity contribution in [2.24, 2.45) is 0 Å². The molecule has 0 saturated carbocycles. The number of nitrogens with zero attached hydrogens (tertiary/aromatic N) is 1. The summed E-state index contributed by atoms with van der Waals surface area (Å²) in [5.41, 5.74) is 1.74. The molecule has 0 aliphatic rings. The van der Waals surface area contributed by atoms with Crippen LogP contribution < -0.4 is 29.0 Å². The van der Waals surface area contributed by atoms with Crippen LogP contribution in [0.4, 0.5) is 11.4 Å². The highest BCUT2D eigenvalue weighted by molar-refractivity contribution is 6.32. The van der Waals surface area contributed by atoms with Gasteiger partial charge in [-0.15, -0.1) is 10.2 Å². The average Bonchev–Trinajstić information content (AvgIpc) is 2.74. The Morgan fingerprint density at radius 2 is 1.61 bits per heavy atom. The minimum atomic E-state index is -4.94. The number of phenols is 1. The van der Waals surface area contributed by atoms with Crippen LogP contribution in [0.15, 0.2) is 77.2 Å². The van der Waals surface area contributed by atoms with Crippen molar-refractivity contribution in [3.63, 3.8) is 0 Å². The molecule has 0 radical (unpaired) electrons. The zero-order chi connectivity index (χ0) is 24.2. The monoisotopic (exact) mass is 492 g/mol. The van der Waals surface area contributed by atoms with Crippen LogP contribution in [-0.2, 0) is 0 Å². The fourth-order valence-corrected chi connectivity index (χ4v) is 3.09. The van der Waals surface area contributed by atoms with E-state index >= 15 is 0 Å². The van der Waals surface area contributed by atoms with E-state index in [-0.39, 0.29) is 16.5 Å². The van der Waals surface area contributed by atoms with Gasteiger partial charge in [0.25, 0.3) is 5.69 Å². The minimum absolute atomic E-state index is 0.0612. The third-order valence-electron chi connectivity index (χ3n) is 4.23. The highest BCUT2D eigenvalue weighted by atomic mass is 35.7. The van der Waals surface area contributed by atoms with Gasteiger partial charge < -0.3 is 9.52 Å². The molecule has 0 bridgehead atoms. The molecule has 0 aliphatic carbocycles. The standard InChI is InChI=1S/C21H13ClN2O4.ClHO4/c22-17-8-6-14(10-19(17)24(26)27)23-18-12-21(13-4-2-1-3-5-13)28-20-9-7-15(25)11-16(18)20;2-1(3,4)5/h1-12,25H;(H,2,3,4,5). The van der Waals surface area contributed by atoms with E-state index in [2.05, 4.69) is 4.99 Å². The molecule has 0 spiro atoms. The number of phenolic OH excluding ortho intramolecular Hbond substituents is 1. The Labute approximate surface area is 192 Å². The zero-order valence-corrected chi connectivity index (χ0v) is 17.9. The van der Waals surface area contributed by atoms with Crippen LogP contribution in [0.1, 0.15) is 0 Å². The molecule has 33 heavy (non-hydrogen) atoms. The molecule has 4 rings (SSSR count). The quantitative estimate of drug-likeness (QED) is 0.267. The van der Waals surface area contributed by atoms with E-state index in [1.807, 2.05) is 30.3 Å². The van der Waals surface area contributed by atoms with Crippen molar-refractivity contribution in [1.82, 2.24) is 0 Å². The predicted octanol–water partition coefficient (Wildman–Crippen LogP) is -1.08. The van der Waals surface area contributed by atoms with Crippen molar-refractivity contribution in [1.29, 1.82) is 0 Å². The van der Waals surface area contributed by atoms with E-state index < -0.39 is 15.2 Å². The second kappa shape index (κ2) is 9.96. The van der Waals surface area contributed by atoms with Crippen molar-refractivity contribution < 1.29 is 48.3 Å². The smallest absolute Gasteiger partial charge is 0.294 e. The molecule has 0 fully saturated rings. The molecule has 1 heterocycles. The Balaban J connectivity index is 0.000000555. The molecule has 12 heteroatoms. The second-order valence-electron chi connectivity index (χ2n) is 6.50. The van der Waals surface area contributed by atoms with E-state index in [0.29, 0.717) is 27.8 Å². The number of nitro benzene ring substituents is 1. The summed E-state index contributed by atoms with van der Waals surface area (Å²) in [4.78, 5) is 13.8. The molecule has 3 aromatic carbocycles. The molecule has 1 aromatic heterocycles. The molecule has 170 valence electrons. The lowest BCUT2D eigenvalue weighted by atomic mass is 10.1. The molecule has 0 aliphatic heterocycles. The van der Waals surface area contributed by atoms with E-state index in [0.717, 1.165) is 5.56 Å². The average molecular weight is 493 g/mol. The third kappa shape index (κ3) is 6.73. The lowest BCUT2D eigenvalue weighted by Crippen LogP contribution is -2.70. The van der Waals surface area contributed by atoms with Crippen LogP contribution in [0, 0.1) is 20.4 Å². The first-order valence-electron chi connectivity index (χ1n) is 8.99. The topological polar surface area (TPSA) is 183 Å². The summed E-state index contributed by atoms with van der Waals surface area (Å²) in [7, 11) is -4.94. The molecule has 2 N–H and O–H groups in total. The van der Waals surface area contributed by atoms with Crippen molar-refractivity contribution in [3.05, 3.63) is 93.3 Å². The normalized spacial score (nSPS) is 11.7. The third-order valence-corrected chi connectivity index (χ3v) is 4.55. The number of hydrogen-bond acceptors (Lipinski definition) is 8. The maximum Gasteiger partial charge on any atom is 0.294 e. The molecule has 0 saturated heterocycles. The Hall–Kier alpha value is -3.51. The highest BCUT2D eigenvalue weighted by Crippen LogP contribution is 2.26. The van der Waals surface area contributed by atoms with Gasteiger partial charge in [-0.3, -0.25) is 10.1 Å². The number of nitrogens with one attached hydrogen (secondary N) is 1. The lowest BCUT2D eigenvalue weighted by Gasteiger charge is -2.17.